The molecule has 5 rings (SSSR count). The normalized spacial score (nSPS) is 23.1. The summed E-state index contributed by atoms with van der Waals surface area (Å²) >= 11 is 0. The Kier molecular flexibility index (Phi) is 3.64. The molecule has 2 aliphatic rings. The monoisotopic (exact) mass is 362 g/mol. The summed E-state index contributed by atoms with van der Waals surface area (Å²) in [4.78, 5) is 26.5. The second kappa shape index (κ2) is 6.17. The number of hydrogen-bond donors (Lipinski definition) is 3. The van der Waals surface area contributed by atoms with E-state index in [1.807, 2.05) is 24.4 Å². The van der Waals surface area contributed by atoms with Crippen LogP contribution in [0.4, 0.5) is 11.8 Å². The van der Waals surface area contributed by atoms with E-state index in [9.17, 15) is 4.79 Å². The Morgan fingerprint density at radius 1 is 1.07 bits per heavy atom. The second-order valence-electron chi connectivity index (χ2n) is 7.00. The molecule has 0 bridgehead atoms. The van der Waals surface area contributed by atoms with Crippen LogP contribution in [0.25, 0.3) is 10.8 Å². The Morgan fingerprint density at radius 3 is 2.56 bits per heavy atom. The van der Waals surface area contributed by atoms with Gasteiger partial charge in [0.15, 0.2) is 0 Å². The van der Waals surface area contributed by atoms with Crippen LogP contribution in [0.5, 0.6) is 0 Å². The van der Waals surface area contributed by atoms with Crippen molar-refractivity contribution in [2.24, 2.45) is 11.8 Å². The van der Waals surface area contributed by atoms with Gasteiger partial charge in [-0.05, 0) is 11.5 Å². The molecule has 27 heavy (non-hydrogen) atoms. The van der Waals surface area contributed by atoms with Crippen molar-refractivity contribution in [3.05, 3.63) is 54.5 Å². The average molecular weight is 362 g/mol. The number of aromatic nitrogens is 3. The molecule has 0 radical (unpaired) electrons. The molecule has 3 aromatic rings. The van der Waals surface area contributed by atoms with E-state index in [-0.39, 0.29) is 5.56 Å². The van der Waals surface area contributed by atoms with Crippen LogP contribution in [0, 0.1) is 11.8 Å². The van der Waals surface area contributed by atoms with E-state index in [0.717, 1.165) is 24.3 Å². The number of carbonyl (C=O) groups excluding carboxylic acids is 1. The quantitative estimate of drug-likeness (QED) is 0.479. The zero-order chi connectivity index (χ0) is 18.4. The minimum Gasteiger partial charge on any atom is -0.366 e. The molecule has 3 N–H and O–H groups in total. The number of fused-ring (bicyclic) bond motifs is 2. The Labute approximate surface area is 155 Å². The van der Waals surface area contributed by atoms with E-state index in [2.05, 4.69) is 37.3 Å². The predicted octanol–water partition coefficient (Wildman–Crippen LogP) is 1.69. The van der Waals surface area contributed by atoms with Gasteiger partial charge >= 0.3 is 0 Å². The molecule has 8 heteroatoms. The molecule has 1 unspecified atom stereocenters. The molecular weight excluding hydrogens is 344 g/mol. The third-order valence-corrected chi connectivity index (χ3v) is 5.46. The standard InChI is InChI=1S/C19H18N6O2/c26-18(24-27)12-7-21-19(22-8-12)25-9-14-15(10-25)16(14)23-17-13-4-2-1-3-11(13)5-6-20-17/h1-8,14-16,27H,9-10H2,(H,20,23)(H,24,26)/t14-,15+,16?. The Bertz CT molecular complexity index is 991. The van der Waals surface area contributed by atoms with Gasteiger partial charge in [0.2, 0.25) is 5.95 Å². The molecule has 0 spiro atoms. The number of hydroxylamine groups is 1. The molecule has 1 amide bonds. The molecule has 1 aromatic carbocycles. The molecular formula is C19H18N6O2. The Balaban J connectivity index is 1.25. The van der Waals surface area contributed by atoms with E-state index < -0.39 is 5.91 Å². The van der Waals surface area contributed by atoms with Crippen LogP contribution >= 0.6 is 0 Å². The van der Waals surface area contributed by atoms with Crippen molar-refractivity contribution in [1.29, 1.82) is 0 Å². The van der Waals surface area contributed by atoms with E-state index in [1.54, 1.807) is 5.48 Å². The number of carbonyl (C=O) groups is 1. The van der Waals surface area contributed by atoms with Crippen LogP contribution < -0.4 is 15.7 Å². The van der Waals surface area contributed by atoms with Crippen LogP contribution in [0.1, 0.15) is 10.4 Å². The van der Waals surface area contributed by atoms with Crippen molar-refractivity contribution in [1.82, 2.24) is 20.4 Å². The topological polar surface area (TPSA) is 103 Å². The molecule has 1 saturated heterocycles. The summed E-state index contributed by atoms with van der Waals surface area (Å²) < 4.78 is 0. The lowest BCUT2D eigenvalue weighted by Gasteiger charge is -2.20. The van der Waals surface area contributed by atoms with Crippen molar-refractivity contribution in [3.63, 3.8) is 0 Å². The number of benzene rings is 1. The fraction of sp³-hybridized carbons (Fsp3) is 0.263. The van der Waals surface area contributed by atoms with Gasteiger partial charge in [-0.2, -0.15) is 0 Å². The number of nitrogens with one attached hydrogen (secondary N) is 2. The second-order valence-corrected chi connectivity index (χ2v) is 7.00. The first-order valence-electron chi connectivity index (χ1n) is 8.86. The molecule has 2 aromatic heterocycles. The van der Waals surface area contributed by atoms with E-state index in [1.165, 1.54) is 17.8 Å². The fourth-order valence-corrected chi connectivity index (χ4v) is 3.96. The van der Waals surface area contributed by atoms with E-state index in [0.29, 0.717) is 23.8 Å². The number of piperidine rings is 1. The first-order valence-corrected chi connectivity index (χ1v) is 8.86. The van der Waals surface area contributed by atoms with Gasteiger partial charge in [-0.15, -0.1) is 0 Å². The lowest BCUT2D eigenvalue weighted by Crippen LogP contribution is -2.29. The van der Waals surface area contributed by atoms with Crippen LogP contribution in [0.3, 0.4) is 0 Å². The van der Waals surface area contributed by atoms with Crippen molar-refractivity contribution >= 4 is 28.4 Å². The maximum Gasteiger partial charge on any atom is 0.277 e. The minimum atomic E-state index is -0.613. The SMILES string of the molecule is O=C(NO)c1cnc(N2C[C@@H]3C(Nc4nccc5ccccc45)[C@@H]3C2)nc1. The largest absolute Gasteiger partial charge is 0.366 e. The highest BCUT2D eigenvalue weighted by Gasteiger charge is 2.56. The maximum absolute atomic E-state index is 11.3. The number of amides is 1. The zero-order valence-corrected chi connectivity index (χ0v) is 14.4. The molecule has 1 saturated carbocycles. The summed E-state index contributed by atoms with van der Waals surface area (Å²) in [7, 11) is 0. The van der Waals surface area contributed by atoms with Gasteiger partial charge < -0.3 is 10.2 Å². The summed E-state index contributed by atoms with van der Waals surface area (Å²) in [5, 5.41) is 14.6. The average Bonchev–Trinajstić information content (AvgIpc) is 3.15. The van der Waals surface area contributed by atoms with Gasteiger partial charge in [0.25, 0.3) is 5.91 Å². The molecule has 136 valence electrons. The highest BCUT2D eigenvalue weighted by molar-refractivity contribution is 5.93. The van der Waals surface area contributed by atoms with E-state index >= 15 is 0 Å². The third-order valence-electron chi connectivity index (χ3n) is 5.46. The Hall–Kier alpha value is -3.26. The predicted molar refractivity (Wildman–Crippen MR) is 99.6 cm³/mol. The maximum atomic E-state index is 11.3. The van der Waals surface area contributed by atoms with Crippen LogP contribution in [-0.2, 0) is 0 Å². The van der Waals surface area contributed by atoms with Gasteiger partial charge in [-0.3, -0.25) is 10.0 Å². The van der Waals surface area contributed by atoms with Crippen molar-refractivity contribution < 1.29 is 10.0 Å². The first kappa shape index (κ1) is 16.0. The van der Waals surface area contributed by atoms with Gasteiger partial charge in [0, 0.05) is 54.9 Å². The molecule has 3 heterocycles. The molecule has 2 fully saturated rings. The molecule has 1 aliphatic heterocycles. The lowest BCUT2D eigenvalue weighted by molar-refractivity contribution is 0.0705. The number of pyridine rings is 1. The number of rotatable bonds is 4. The van der Waals surface area contributed by atoms with Crippen LogP contribution in [0.15, 0.2) is 48.9 Å². The van der Waals surface area contributed by atoms with E-state index in [4.69, 9.17) is 5.21 Å². The summed E-state index contributed by atoms with van der Waals surface area (Å²) in [6.07, 6.45) is 4.69. The number of nitrogens with zero attached hydrogens (tertiary/aromatic N) is 4. The van der Waals surface area contributed by atoms with Crippen molar-refractivity contribution in [2.45, 2.75) is 6.04 Å². The van der Waals surface area contributed by atoms with Gasteiger partial charge in [-0.25, -0.2) is 20.4 Å². The molecule has 3 atom stereocenters. The highest BCUT2D eigenvalue weighted by atomic mass is 16.5. The molecule has 1 aliphatic carbocycles. The Morgan fingerprint density at radius 2 is 1.81 bits per heavy atom. The lowest BCUT2D eigenvalue weighted by atomic mass is 10.1. The fourth-order valence-electron chi connectivity index (χ4n) is 3.96. The van der Waals surface area contributed by atoms with Crippen molar-refractivity contribution in [3.8, 4) is 0 Å². The number of anilines is 2. The van der Waals surface area contributed by atoms with Gasteiger partial charge in [0.05, 0.1) is 5.56 Å². The van der Waals surface area contributed by atoms with Crippen LogP contribution in [0.2, 0.25) is 0 Å². The summed E-state index contributed by atoms with van der Waals surface area (Å²) in [5.41, 5.74) is 1.81. The molecule has 8 nitrogen and oxygen atoms in total. The van der Waals surface area contributed by atoms with Crippen LogP contribution in [-0.4, -0.2) is 45.2 Å². The summed E-state index contributed by atoms with van der Waals surface area (Å²) in [5.74, 6) is 2.01. The minimum absolute atomic E-state index is 0.229. The zero-order valence-electron chi connectivity index (χ0n) is 14.4. The third kappa shape index (κ3) is 2.74. The first-order chi connectivity index (χ1) is 13.2. The van der Waals surface area contributed by atoms with Crippen molar-refractivity contribution in [2.75, 3.05) is 23.3 Å². The van der Waals surface area contributed by atoms with Gasteiger partial charge in [-0.1, -0.05) is 24.3 Å². The highest BCUT2D eigenvalue weighted by Crippen LogP contribution is 2.48. The number of hydrogen-bond acceptors (Lipinski definition) is 7. The summed E-state index contributed by atoms with van der Waals surface area (Å²) in [6, 6.07) is 10.7. The van der Waals surface area contributed by atoms with Gasteiger partial charge in [0.1, 0.15) is 5.82 Å². The summed E-state index contributed by atoms with van der Waals surface area (Å²) in [6.45, 7) is 1.75. The smallest absolute Gasteiger partial charge is 0.277 e.